The van der Waals surface area contributed by atoms with Crippen LogP contribution in [0.1, 0.15) is 18.4 Å². The highest BCUT2D eigenvalue weighted by Gasteiger charge is 2.58. The molecule has 0 spiro atoms. The molecule has 31 heavy (non-hydrogen) atoms. The summed E-state index contributed by atoms with van der Waals surface area (Å²) >= 11 is 3.39. The Morgan fingerprint density at radius 1 is 0.935 bits per heavy atom. The summed E-state index contributed by atoms with van der Waals surface area (Å²) in [6.07, 6.45) is 6.35. The standard InChI is InChI=1S/C25H23BrN2O3/c26-18-10-12-19(13-11-18)27-23(29)20(14-15-4-2-1-3-5-15)28-24(30)21-16-6-7-17(9-8-16)22(21)25(28)31/h1-7,10-13,16-17,20-22H,8-9,14H2,(H,27,29)/t16-,17-,20-,21-,22+/m0/s1. The molecule has 2 aromatic rings. The van der Waals surface area contributed by atoms with Gasteiger partial charge in [-0.05, 0) is 54.5 Å². The van der Waals surface area contributed by atoms with Gasteiger partial charge in [-0.1, -0.05) is 58.4 Å². The maximum absolute atomic E-state index is 13.5. The summed E-state index contributed by atoms with van der Waals surface area (Å²) in [7, 11) is 0. The number of anilines is 1. The number of rotatable bonds is 5. The molecule has 1 saturated carbocycles. The number of imide groups is 1. The molecule has 2 aromatic carbocycles. The molecule has 2 fully saturated rings. The van der Waals surface area contributed by atoms with Gasteiger partial charge in [0.15, 0.2) is 0 Å². The van der Waals surface area contributed by atoms with Crippen molar-refractivity contribution in [1.82, 2.24) is 4.90 Å². The molecule has 6 heteroatoms. The van der Waals surface area contributed by atoms with E-state index in [-0.39, 0.29) is 41.4 Å². The summed E-state index contributed by atoms with van der Waals surface area (Å²) in [5.41, 5.74) is 1.54. The van der Waals surface area contributed by atoms with E-state index in [1.165, 1.54) is 4.90 Å². The molecule has 1 aliphatic heterocycles. The molecular weight excluding hydrogens is 456 g/mol. The molecule has 158 valence electrons. The lowest BCUT2D eigenvalue weighted by molar-refractivity contribution is -0.146. The van der Waals surface area contributed by atoms with Gasteiger partial charge in [-0.25, -0.2) is 0 Å². The lowest BCUT2D eigenvalue weighted by atomic mass is 9.63. The summed E-state index contributed by atoms with van der Waals surface area (Å²) in [6, 6.07) is 15.9. The maximum Gasteiger partial charge on any atom is 0.248 e. The molecule has 6 rings (SSSR count). The van der Waals surface area contributed by atoms with Crippen LogP contribution in [0.4, 0.5) is 5.69 Å². The van der Waals surface area contributed by atoms with Crippen molar-refractivity contribution in [3.63, 3.8) is 0 Å². The number of allylic oxidation sites excluding steroid dienone is 2. The summed E-state index contributed by atoms with van der Waals surface area (Å²) in [4.78, 5) is 41.6. The van der Waals surface area contributed by atoms with E-state index in [0.717, 1.165) is 22.9 Å². The van der Waals surface area contributed by atoms with Crippen molar-refractivity contribution in [3.05, 3.63) is 76.8 Å². The van der Waals surface area contributed by atoms with Crippen LogP contribution in [0.3, 0.4) is 0 Å². The molecule has 2 bridgehead atoms. The molecular formula is C25H23BrN2O3. The minimum atomic E-state index is -0.879. The molecule has 0 unspecified atom stereocenters. The first kappa shape index (κ1) is 20.2. The van der Waals surface area contributed by atoms with E-state index in [9.17, 15) is 14.4 Å². The number of halogens is 1. The second kappa shape index (κ2) is 8.08. The number of nitrogens with one attached hydrogen (secondary N) is 1. The van der Waals surface area contributed by atoms with E-state index < -0.39 is 6.04 Å². The molecule has 5 atom stereocenters. The fraction of sp³-hybridized carbons (Fsp3) is 0.320. The van der Waals surface area contributed by atoms with Crippen molar-refractivity contribution < 1.29 is 14.4 Å². The average molecular weight is 479 g/mol. The van der Waals surface area contributed by atoms with Crippen LogP contribution in [0.25, 0.3) is 0 Å². The molecule has 3 aliphatic carbocycles. The Bertz CT molecular complexity index is 1020. The number of nitrogens with zero attached hydrogens (tertiary/aromatic N) is 1. The van der Waals surface area contributed by atoms with Gasteiger partial charge >= 0.3 is 0 Å². The number of likely N-dealkylation sites (tertiary alicyclic amines) is 1. The summed E-state index contributed by atoms with van der Waals surface area (Å²) < 4.78 is 0.906. The number of carbonyl (C=O) groups excluding carboxylic acids is 3. The monoisotopic (exact) mass is 478 g/mol. The number of carbonyl (C=O) groups is 3. The van der Waals surface area contributed by atoms with Gasteiger partial charge in [-0.2, -0.15) is 0 Å². The zero-order valence-corrected chi connectivity index (χ0v) is 18.5. The van der Waals surface area contributed by atoms with Gasteiger partial charge < -0.3 is 5.32 Å². The summed E-state index contributed by atoms with van der Waals surface area (Å²) in [5, 5.41) is 2.91. The van der Waals surface area contributed by atoms with Crippen LogP contribution >= 0.6 is 15.9 Å². The first-order valence-corrected chi connectivity index (χ1v) is 11.5. The number of benzene rings is 2. The molecule has 1 saturated heterocycles. The quantitative estimate of drug-likeness (QED) is 0.517. The van der Waals surface area contributed by atoms with Crippen molar-refractivity contribution in [2.24, 2.45) is 23.7 Å². The van der Waals surface area contributed by atoms with Crippen LogP contribution in [-0.2, 0) is 20.8 Å². The van der Waals surface area contributed by atoms with E-state index in [0.29, 0.717) is 12.1 Å². The van der Waals surface area contributed by atoms with Gasteiger partial charge in [0.25, 0.3) is 0 Å². The zero-order valence-electron chi connectivity index (χ0n) is 16.9. The minimum Gasteiger partial charge on any atom is -0.324 e. The van der Waals surface area contributed by atoms with Crippen LogP contribution in [-0.4, -0.2) is 28.7 Å². The van der Waals surface area contributed by atoms with Crippen molar-refractivity contribution in [3.8, 4) is 0 Å². The number of fused-ring (bicyclic) bond motifs is 1. The van der Waals surface area contributed by atoms with Crippen molar-refractivity contribution in [2.75, 3.05) is 5.32 Å². The van der Waals surface area contributed by atoms with Gasteiger partial charge in [0.2, 0.25) is 17.7 Å². The molecule has 0 aromatic heterocycles. The fourth-order valence-electron chi connectivity index (χ4n) is 5.30. The third-order valence-corrected chi connectivity index (χ3v) is 7.32. The lowest BCUT2D eigenvalue weighted by Crippen LogP contribution is -2.49. The van der Waals surface area contributed by atoms with Crippen LogP contribution in [0.15, 0.2) is 71.2 Å². The highest BCUT2D eigenvalue weighted by molar-refractivity contribution is 9.10. The second-order valence-electron chi connectivity index (χ2n) is 8.59. The Hall–Kier alpha value is -2.73. The molecule has 1 heterocycles. The van der Waals surface area contributed by atoms with E-state index >= 15 is 0 Å². The van der Waals surface area contributed by atoms with Crippen LogP contribution in [0.2, 0.25) is 0 Å². The minimum absolute atomic E-state index is 0.100. The van der Waals surface area contributed by atoms with Gasteiger partial charge in [0.05, 0.1) is 11.8 Å². The van der Waals surface area contributed by atoms with E-state index in [4.69, 9.17) is 0 Å². The fourth-order valence-corrected chi connectivity index (χ4v) is 5.57. The SMILES string of the molecule is O=C(Nc1ccc(Br)cc1)[C@H](Cc1ccccc1)N1C(=O)[C@@H]2[C@H](C1=O)[C@H]1C=C[C@H]2CC1. The van der Waals surface area contributed by atoms with Crippen molar-refractivity contribution >= 4 is 39.3 Å². The molecule has 0 radical (unpaired) electrons. The van der Waals surface area contributed by atoms with Gasteiger partial charge in [-0.3, -0.25) is 19.3 Å². The highest BCUT2D eigenvalue weighted by atomic mass is 79.9. The van der Waals surface area contributed by atoms with Crippen LogP contribution in [0, 0.1) is 23.7 Å². The topological polar surface area (TPSA) is 66.5 Å². The average Bonchev–Trinajstić information content (AvgIpc) is 3.07. The van der Waals surface area contributed by atoms with Gasteiger partial charge in [0, 0.05) is 16.6 Å². The van der Waals surface area contributed by atoms with Crippen LogP contribution in [0.5, 0.6) is 0 Å². The van der Waals surface area contributed by atoms with E-state index in [2.05, 4.69) is 33.4 Å². The Balaban J connectivity index is 1.46. The molecule has 1 N–H and O–H groups in total. The maximum atomic E-state index is 13.5. The predicted octanol–water partition coefficient (Wildman–Crippen LogP) is 4.20. The Morgan fingerprint density at radius 3 is 2.06 bits per heavy atom. The summed E-state index contributed by atoms with van der Waals surface area (Å²) in [6.45, 7) is 0. The first-order valence-electron chi connectivity index (χ1n) is 10.7. The van der Waals surface area contributed by atoms with Crippen molar-refractivity contribution in [1.29, 1.82) is 0 Å². The Morgan fingerprint density at radius 2 is 1.52 bits per heavy atom. The number of amides is 3. The smallest absolute Gasteiger partial charge is 0.248 e. The number of hydrogen-bond acceptors (Lipinski definition) is 3. The van der Waals surface area contributed by atoms with Crippen molar-refractivity contribution in [2.45, 2.75) is 25.3 Å². The lowest BCUT2D eigenvalue weighted by Gasteiger charge is -2.38. The van der Waals surface area contributed by atoms with Gasteiger partial charge in [-0.15, -0.1) is 0 Å². The summed E-state index contributed by atoms with van der Waals surface area (Å²) in [5.74, 6) is -1.18. The molecule has 4 aliphatic rings. The predicted molar refractivity (Wildman–Crippen MR) is 121 cm³/mol. The van der Waals surface area contributed by atoms with E-state index in [1.54, 1.807) is 12.1 Å². The Kier molecular flexibility index (Phi) is 5.26. The normalized spacial score (nSPS) is 27.3. The zero-order chi connectivity index (χ0) is 21.5. The Labute approximate surface area is 189 Å². The number of hydrogen-bond donors (Lipinski definition) is 1. The van der Waals surface area contributed by atoms with E-state index in [1.807, 2.05) is 42.5 Å². The largest absolute Gasteiger partial charge is 0.324 e. The second-order valence-corrected chi connectivity index (χ2v) is 9.51. The third-order valence-electron chi connectivity index (χ3n) is 6.79. The molecule has 3 amide bonds. The third kappa shape index (κ3) is 3.63. The van der Waals surface area contributed by atoms with Crippen LogP contribution < -0.4 is 5.32 Å². The first-order chi connectivity index (χ1) is 15.0. The highest BCUT2D eigenvalue weighted by Crippen LogP contribution is 2.50. The molecule has 5 nitrogen and oxygen atoms in total. The van der Waals surface area contributed by atoms with Gasteiger partial charge in [0.1, 0.15) is 6.04 Å².